The Morgan fingerprint density at radius 2 is 1.75 bits per heavy atom. The van der Waals surface area contributed by atoms with Crippen molar-refractivity contribution in [1.29, 1.82) is 0 Å². The summed E-state index contributed by atoms with van der Waals surface area (Å²) in [4.78, 5) is 2.26. The van der Waals surface area contributed by atoms with E-state index in [-0.39, 0.29) is 11.6 Å². The van der Waals surface area contributed by atoms with Crippen LogP contribution in [0.25, 0.3) is 0 Å². The number of hydrogen-bond donors (Lipinski definition) is 0. The van der Waals surface area contributed by atoms with Gasteiger partial charge in [0.2, 0.25) is 0 Å². The van der Waals surface area contributed by atoms with E-state index in [0.29, 0.717) is 6.54 Å². The van der Waals surface area contributed by atoms with Crippen molar-refractivity contribution in [3.63, 3.8) is 0 Å². The Morgan fingerprint density at radius 3 is 2.50 bits per heavy atom. The lowest BCUT2D eigenvalue weighted by Crippen LogP contribution is -2.18. The summed E-state index contributed by atoms with van der Waals surface area (Å²) in [5.41, 5.74) is 3.09. The van der Waals surface area contributed by atoms with E-state index in [1.807, 2.05) is 18.2 Å². The Hall–Kier alpha value is -1.74. The van der Waals surface area contributed by atoms with Crippen LogP contribution in [-0.4, -0.2) is 11.4 Å². The third-order valence-electron chi connectivity index (χ3n) is 3.84. The predicted molar refractivity (Wildman–Crippen MR) is 75.2 cm³/mol. The fraction of sp³-hybridized carbons (Fsp3) is 0.294. The van der Waals surface area contributed by atoms with Gasteiger partial charge in [-0.2, -0.15) is 0 Å². The molecule has 1 aliphatic rings. The molecule has 20 heavy (non-hydrogen) atoms. The van der Waals surface area contributed by atoms with E-state index in [4.69, 9.17) is 0 Å². The largest absolute Gasteiger partial charge is 0.295 e. The SMILES string of the molecule is Fc1ccc(CCCN2Cc3cccc(F)c3C2)cc1. The second kappa shape index (κ2) is 5.71. The van der Waals surface area contributed by atoms with Crippen LogP contribution in [0.2, 0.25) is 0 Å². The van der Waals surface area contributed by atoms with Crippen molar-refractivity contribution in [3.05, 3.63) is 70.8 Å². The van der Waals surface area contributed by atoms with Gasteiger partial charge in [-0.1, -0.05) is 24.3 Å². The summed E-state index contributed by atoms with van der Waals surface area (Å²) in [6.07, 6.45) is 1.93. The quantitative estimate of drug-likeness (QED) is 0.816. The van der Waals surface area contributed by atoms with E-state index < -0.39 is 0 Å². The zero-order valence-electron chi connectivity index (χ0n) is 11.3. The van der Waals surface area contributed by atoms with Crippen LogP contribution < -0.4 is 0 Å². The maximum atomic E-state index is 13.6. The van der Waals surface area contributed by atoms with E-state index in [0.717, 1.165) is 42.6 Å². The number of fused-ring (bicyclic) bond motifs is 1. The van der Waals surface area contributed by atoms with E-state index in [2.05, 4.69) is 4.90 Å². The van der Waals surface area contributed by atoms with Crippen LogP contribution in [0.15, 0.2) is 42.5 Å². The Kier molecular flexibility index (Phi) is 3.79. The second-order valence-corrected chi connectivity index (χ2v) is 5.32. The second-order valence-electron chi connectivity index (χ2n) is 5.32. The normalized spacial score (nSPS) is 14.5. The molecule has 0 aromatic heterocycles. The van der Waals surface area contributed by atoms with Crippen LogP contribution in [0, 0.1) is 11.6 Å². The lowest BCUT2D eigenvalue weighted by Gasteiger charge is -2.14. The van der Waals surface area contributed by atoms with Gasteiger partial charge in [-0.25, -0.2) is 8.78 Å². The van der Waals surface area contributed by atoms with Crippen molar-refractivity contribution in [2.75, 3.05) is 6.54 Å². The van der Waals surface area contributed by atoms with Gasteiger partial charge >= 0.3 is 0 Å². The summed E-state index contributed by atoms with van der Waals surface area (Å²) in [5.74, 6) is -0.289. The van der Waals surface area contributed by atoms with Crippen molar-refractivity contribution >= 4 is 0 Å². The molecule has 3 rings (SSSR count). The molecule has 0 saturated carbocycles. The van der Waals surface area contributed by atoms with Gasteiger partial charge in [0.25, 0.3) is 0 Å². The zero-order chi connectivity index (χ0) is 13.9. The van der Waals surface area contributed by atoms with Crippen LogP contribution in [0.1, 0.15) is 23.1 Å². The summed E-state index contributed by atoms with van der Waals surface area (Å²) in [6.45, 7) is 2.47. The first-order chi connectivity index (χ1) is 9.72. The third kappa shape index (κ3) is 2.88. The highest BCUT2D eigenvalue weighted by Crippen LogP contribution is 2.25. The predicted octanol–water partition coefficient (Wildman–Crippen LogP) is 3.91. The summed E-state index contributed by atoms with van der Waals surface area (Å²) in [6, 6.07) is 11.9. The van der Waals surface area contributed by atoms with Crippen molar-refractivity contribution < 1.29 is 8.78 Å². The van der Waals surface area contributed by atoms with Crippen LogP contribution in [-0.2, 0) is 19.5 Å². The molecule has 0 unspecified atom stereocenters. The van der Waals surface area contributed by atoms with E-state index in [1.165, 1.54) is 18.2 Å². The van der Waals surface area contributed by atoms with E-state index in [9.17, 15) is 8.78 Å². The fourth-order valence-electron chi connectivity index (χ4n) is 2.76. The minimum absolute atomic E-state index is 0.0939. The molecule has 104 valence electrons. The van der Waals surface area contributed by atoms with Crippen LogP contribution in [0.5, 0.6) is 0 Å². The average molecular weight is 273 g/mol. The highest BCUT2D eigenvalue weighted by atomic mass is 19.1. The molecular formula is C17H17F2N. The molecule has 1 nitrogen and oxygen atoms in total. The molecular weight excluding hydrogens is 256 g/mol. The molecule has 0 bridgehead atoms. The van der Waals surface area contributed by atoms with Gasteiger partial charge in [0.15, 0.2) is 0 Å². The van der Waals surface area contributed by atoms with Crippen LogP contribution in [0.3, 0.4) is 0 Å². The average Bonchev–Trinajstić information content (AvgIpc) is 2.85. The van der Waals surface area contributed by atoms with Gasteiger partial charge in [0, 0.05) is 18.7 Å². The van der Waals surface area contributed by atoms with Gasteiger partial charge < -0.3 is 0 Å². The van der Waals surface area contributed by atoms with Crippen molar-refractivity contribution in [1.82, 2.24) is 4.90 Å². The Labute approximate surface area is 117 Å². The number of rotatable bonds is 4. The Balaban J connectivity index is 1.51. The van der Waals surface area contributed by atoms with Crippen LogP contribution in [0.4, 0.5) is 8.78 Å². The van der Waals surface area contributed by atoms with Gasteiger partial charge in [-0.15, -0.1) is 0 Å². The first-order valence-electron chi connectivity index (χ1n) is 6.95. The van der Waals surface area contributed by atoms with Crippen molar-refractivity contribution in [3.8, 4) is 0 Å². The smallest absolute Gasteiger partial charge is 0.128 e. The zero-order valence-corrected chi connectivity index (χ0v) is 11.3. The number of halogens is 2. The van der Waals surface area contributed by atoms with Gasteiger partial charge in [0.05, 0.1) is 0 Å². The van der Waals surface area contributed by atoms with E-state index >= 15 is 0 Å². The monoisotopic (exact) mass is 273 g/mol. The molecule has 3 heteroatoms. The first-order valence-corrected chi connectivity index (χ1v) is 6.95. The van der Waals surface area contributed by atoms with Crippen molar-refractivity contribution in [2.24, 2.45) is 0 Å². The molecule has 1 heterocycles. The molecule has 1 aliphatic heterocycles. The standard InChI is InChI=1S/C17H17F2N/c18-15-8-6-13(7-9-15)3-2-10-20-11-14-4-1-5-17(19)16(14)12-20/h1,4-9H,2-3,10-12H2. The van der Waals surface area contributed by atoms with Crippen molar-refractivity contribution in [2.45, 2.75) is 25.9 Å². The molecule has 0 amide bonds. The minimum Gasteiger partial charge on any atom is -0.295 e. The van der Waals surface area contributed by atoms with Gasteiger partial charge in [-0.3, -0.25) is 4.90 Å². The Bertz CT molecular complexity index is 592. The molecule has 0 atom stereocenters. The minimum atomic E-state index is -0.195. The molecule has 2 aromatic carbocycles. The topological polar surface area (TPSA) is 3.24 Å². The summed E-state index contributed by atoms with van der Waals surface area (Å²) in [5, 5.41) is 0. The van der Waals surface area contributed by atoms with Gasteiger partial charge in [-0.05, 0) is 48.7 Å². The van der Waals surface area contributed by atoms with Crippen LogP contribution >= 0.6 is 0 Å². The van der Waals surface area contributed by atoms with E-state index in [1.54, 1.807) is 6.07 Å². The molecule has 2 aromatic rings. The van der Waals surface area contributed by atoms with Gasteiger partial charge in [0.1, 0.15) is 11.6 Å². The number of nitrogens with zero attached hydrogens (tertiary/aromatic N) is 1. The molecule has 0 spiro atoms. The number of hydrogen-bond acceptors (Lipinski definition) is 1. The maximum Gasteiger partial charge on any atom is 0.128 e. The lowest BCUT2D eigenvalue weighted by molar-refractivity contribution is 0.278. The lowest BCUT2D eigenvalue weighted by atomic mass is 10.1. The highest BCUT2D eigenvalue weighted by molar-refractivity contribution is 5.31. The number of aryl methyl sites for hydroxylation is 1. The number of benzene rings is 2. The summed E-state index contributed by atoms with van der Waals surface area (Å²) < 4.78 is 26.4. The Morgan fingerprint density at radius 1 is 0.950 bits per heavy atom. The molecule has 0 fully saturated rings. The highest BCUT2D eigenvalue weighted by Gasteiger charge is 2.20. The maximum absolute atomic E-state index is 13.6. The fourth-order valence-corrected chi connectivity index (χ4v) is 2.76. The molecule has 0 aliphatic carbocycles. The summed E-state index contributed by atoms with van der Waals surface area (Å²) >= 11 is 0. The summed E-state index contributed by atoms with van der Waals surface area (Å²) in [7, 11) is 0. The first kappa shape index (κ1) is 13.3. The third-order valence-corrected chi connectivity index (χ3v) is 3.84. The molecule has 0 N–H and O–H groups in total. The molecule has 0 radical (unpaired) electrons. The molecule has 0 saturated heterocycles.